The summed E-state index contributed by atoms with van der Waals surface area (Å²) in [6.07, 6.45) is 7.96. The molecule has 0 radical (unpaired) electrons. The van der Waals surface area contributed by atoms with Crippen LogP contribution in [0.1, 0.15) is 84.5 Å². The van der Waals surface area contributed by atoms with Crippen molar-refractivity contribution in [2.45, 2.75) is 69.5 Å². The van der Waals surface area contributed by atoms with Crippen LogP contribution in [0.25, 0.3) is 11.3 Å². The predicted octanol–water partition coefficient (Wildman–Crippen LogP) is 7.89. The largest absolute Gasteiger partial charge is 0.478 e. The lowest BCUT2D eigenvalue weighted by Crippen LogP contribution is -2.47. The molecule has 7 rings (SSSR count). The second-order valence-electron chi connectivity index (χ2n) is 10.6. The fraction of sp³-hybridized carbons (Fsp3) is 0.400. The van der Waals surface area contributed by atoms with Crippen molar-refractivity contribution in [1.82, 2.24) is 5.16 Å². The molecule has 3 aromatic rings. The quantitative estimate of drug-likeness (QED) is 0.325. The molecular formula is C30H27Cl2NO4. The van der Waals surface area contributed by atoms with Gasteiger partial charge >= 0.3 is 5.97 Å². The van der Waals surface area contributed by atoms with E-state index in [1.54, 1.807) is 18.2 Å². The topological polar surface area (TPSA) is 72.6 Å². The van der Waals surface area contributed by atoms with Crippen LogP contribution in [-0.4, -0.2) is 21.8 Å². The van der Waals surface area contributed by atoms with E-state index in [2.05, 4.69) is 17.0 Å². The molecule has 4 aliphatic carbocycles. The number of ether oxygens (including phenoxy) is 1. The third-order valence-corrected chi connectivity index (χ3v) is 8.88. The zero-order valence-electron chi connectivity index (χ0n) is 20.4. The van der Waals surface area contributed by atoms with E-state index < -0.39 is 5.97 Å². The molecule has 0 aliphatic heterocycles. The molecule has 190 valence electrons. The predicted molar refractivity (Wildman–Crippen MR) is 142 cm³/mol. The fourth-order valence-corrected chi connectivity index (χ4v) is 6.34. The van der Waals surface area contributed by atoms with Crippen molar-refractivity contribution in [3.63, 3.8) is 0 Å². The number of aromatic carboxylic acids is 1. The van der Waals surface area contributed by atoms with E-state index in [0.717, 1.165) is 68.3 Å². The minimum absolute atomic E-state index is 0.0308. The van der Waals surface area contributed by atoms with Gasteiger partial charge in [0.05, 0.1) is 27.8 Å². The van der Waals surface area contributed by atoms with Crippen molar-refractivity contribution in [2.24, 2.45) is 5.41 Å². The summed E-state index contributed by atoms with van der Waals surface area (Å²) in [6.45, 7) is 0.423. The summed E-state index contributed by atoms with van der Waals surface area (Å²) in [5.74, 6) is 7.13. The summed E-state index contributed by atoms with van der Waals surface area (Å²) in [4.78, 5) is 11.3. The Labute approximate surface area is 226 Å². The van der Waals surface area contributed by atoms with Gasteiger partial charge in [0.2, 0.25) is 0 Å². The Morgan fingerprint density at radius 1 is 1.05 bits per heavy atom. The summed E-state index contributed by atoms with van der Waals surface area (Å²) >= 11 is 13.0. The minimum Gasteiger partial charge on any atom is -0.478 e. The molecule has 0 atom stereocenters. The first-order valence-corrected chi connectivity index (χ1v) is 13.6. The Morgan fingerprint density at radius 3 is 2.38 bits per heavy atom. The lowest BCUT2D eigenvalue weighted by molar-refractivity contribution is -0.131. The summed E-state index contributed by atoms with van der Waals surface area (Å²) < 4.78 is 12.5. The molecule has 5 nitrogen and oxygen atoms in total. The minimum atomic E-state index is -0.934. The average Bonchev–Trinajstić information content (AvgIpc) is 3.68. The van der Waals surface area contributed by atoms with Gasteiger partial charge in [-0.15, -0.1) is 0 Å². The second-order valence-corrected chi connectivity index (χ2v) is 11.4. The molecule has 4 saturated carbocycles. The van der Waals surface area contributed by atoms with Gasteiger partial charge in [-0.05, 0) is 81.7 Å². The molecule has 1 N–H and O–H groups in total. The molecule has 1 heterocycles. The number of fused-ring (bicyclic) bond motifs is 3. The molecule has 1 aromatic heterocycles. The van der Waals surface area contributed by atoms with Gasteiger partial charge < -0.3 is 14.4 Å². The van der Waals surface area contributed by atoms with Crippen LogP contribution in [0.3, 0.4) is 0 Å². The van der Waals surface area contributed by atoms with Crippen LogP contribution in [0, 0.1) is 17.3 Å². The maximum Gasteiger partial charge on any atom is 0.335 e. The van der Waals surface area contributed by atoms with E-state index in [9.17, 15) is 9.90 Å². The van der Waals surface area contributed by atoms with Gasteiger partial charge in [0.25, 0.3) is 0 Å². The molecule has 4 aliphatic rings. The number of benzene rings is 2. The lowest BCUT2D eigenvalue weighted by Gasteiger charge is -2.51. The number of hydrogen-bond donors (Lipinski definition) is 1. The fourth-order valence-electron chi connectivity index (χ4n) is 5.76. The van der Waals surface area contributed by atoms with Gasteiger partial charge in [-0.3, -0.25) is 0 Å². The lowest BCUT2D eigenvalue weighted by atomic mass is 9.59. The molecule has 0 spiro atoms. The van der Waals surface area contributed by atoms with Crippen LogP contribution in [0.5, 0.6) is 0 Å². The van der Waals surface area contributed by atoms with Gasteiger partial charge in [-0.2, -0.15) is 0 Å². The molecular weight excluding hydrogens is 509 g/mol. The van der Waals surface area contributed by atoms with Crippen LogP contribution in [-0.2, 0) is 11.3 Å². The molecule has 2 aromatic carbocycles. The van der Waals surface area contributed by atoms with Crippen molar-refractivity contribution in [2.75, 3.05) is 0 Å². The smallest absolute Gasteiger partial charge is 0.335 e. The standard InChI is InChI=1S/C30H27Cl2NO4/c31-23-5-2-6-24(32)25(23)26-22(27(37-33-26)20-7-8-20)18-36-30-14-11-29(12-15-30,13-16-30)10-9-19-3-1-4-21(17-19)28(34)35/h1-6,17,20H,7-8,11-16,18H2,(H,34,35). The zero-order valence-corrected chi connectivity index (χ0v) is 21.9. The second kappa shape index (κ2) is 9.51. The molecule has 2 bridgehead atoms. The first-order valence-electron chi connectivity index (χ1n) is 12.8. The number of carboxylic acid groups (broad SMARTS) is 1. The Hall–Kier alpha value is -2.78. The highest BCUT2D eigenvalue weighted by atomic mass is 35.5. The van der Waals surface area contributed by atoms with E-state index in [1.165, 1.54) is 0 Å². The molecule has 37 heavy (non-hydrogen) atoms. The molecule has 0 unspecified atom stereocenters. The van der Waals surface area contributed by atoms with E-state index in [4.69, 9.17) is 32.5 Å². The van der Waals surface area contributed by atoms with E-state index >= 15 is 0 Å². The zero-order chi connectivity index (χ0) is 25.6. The van der Waals surface area contributed by atoms with E-state index in [1.807, 2.05) is 24.3 Å². The van der Waals surface area contributed by atoms with Crippen molar-refractivity contribution in [1.29, 1.82) is 0 Å². The third-order valence-electron chi connectivity index (χ3n) is 8.25. The van der Waals surface area contributed by atoms with Gasteiger partial charge in [-0.1, -0.05) is 52.3 Å². The number of aromatic nitrogens is 1. The van der Waals surface area contributed by atoms with Crippen LogP contribution >= 0.6 is 23.2 Å². The summed E-state index contributed by atoms with van der Waals surface area (Å²) in [5.41, 5.74) is 3.16. The van der Waals surface area contributed by atoms with Crippen LogP contribution in [0.15, 0.2) is 47.0 Å². The van der Waals surface area contributed by atoms with Gasteiger partial charge in [0, 0.05) is 28.0 Å². The number of halogens is 2. The van der Waals surface area contributed by atoms with Gasteiger partial charge in [-0.25, -0.2) is 4.79 Å². The first-order chi connectivity index (χ1) is 17.9. The highest BCUT2D eigenvalue weighted by molar-refractivity contribution is 6.39. The first kappa shape index (κ1) is 24.6. The van der Waals surface area contributed by atoms with E-state index in [-0.39, 0.29) is 16.6 Å². The van der Waals surface area contributed by atoms with E-state index in [0.29, 0.717) is 33.8 Å². The van der Waals surface area contributed by atoms with Gasteiger partial charge in [0.1, 0.15) is 11.5 Å². The molecule has 0 saturated heterocycles. The molecule has 7 heteroatoms. The van der Waals surface area contributed by atoms with Crippen LogP contribution in [0.2, 0.25) is 10.0 Å². The van der Waals surface area contributed by atoms with Crippen molar-refractivity contribution >= 4 is 29.2 Å². The Balaban J connectivity index is 1.18. The Kier molecular flexibility index (Phi) is 6.31. The summed E-state index contributed by atoms with van der Waals surface area (Å²) in [7, 11) is 0. The van der Waals surface area contributed by atoms with Crippen LogP contribution in [0.4, 0.5) is 0 Å². The maximum absolute atomic E-state index is 11.3. The Morgan fingerprint density at radius 2 is 1.73 bits per heavy atom. The highest BCUT2D eigenvalue weighted by Gasteiger charge is 2.49. The number of hydrogen-bond acceptors (Lipinski definition) is 4. The summed E-state index contributed by atoms with van der Waals surface area (Å²) in [6, 6.07) is 12.3. The number of carbonyl (C=O) groups is 1. The SMILES string of the molecule is O=C(O)c1cccc(C#CC23CCC(OCc4c(-c5c(Cl)cccc5Cl)noc4C4CC4)(CC2)CC3)c1. The molecule has 4 fully saturated rings. The van der Waals surface area contributed by atoms with Crippen molar-refractivity contribution < 1.29 is 19.2 Å². The average molecular weight is 536 g/mol. The number of nitrogens with zero attached hydrogens (tertiary/aromatic N) is 1. The Bertz CT molecular complexity index is 1380. The van der Waals surface area contributed by atoms with Gasteiger partial charge in [0.15, 0.2) is 0 Å². The van der Waals surface area contributed by atoms with Crippen molar-refractivity contribution in [3.05, 3.63) is 75.0 Å². The number of rotatable bonds is 6. The highest BCUT2D eigenvalue weighted by Crippen LogP contribution is 2.54. The summed E-state index contributed by atoms with van der Waals surface area (Å²) in [5, 5.41) is 14.7. The monoisotopic (exact) mass is 535 g/mol. The third kappa shape index (κ3) is 4.79. The maximum atomic E-state index is 11.3. The van der Waals surface area contributed by atoms with Crippen molar-refractivity contribution in [3.8, 4) is 23.1 Å². The number of carboxylic acids is 1. The van der Waals surface area contributed by atoms with Crippen LogP contribution < -0.4 is 0 Å². The molecule has 0 amide bonds. The normalized spacial score (nSPS) is 24.5.